The third-order valence-corrected chi connectivity index (χ3v) is 6.05. The average molecular weight is 299 g/mol. The van der Waals surface area contributed by atoms with E-state index in [4.69, 9.17) is 9.84 Å². The fourth-order valence-electron chi connectivity index (χ4n) is 4.54. The highest BCUT2D eigenvalue weighted by Crippen LogP contribution is 2.53. The molecular formula is C18H25N3O. The third kappa shape index (κ3) is 1.93. The monoisotopic (exact) mass is 299 g/mol. The van der Waals surface area contributed by atoms with Crippen molar-refractivity contribution < 1.29 is 4.74 Å². The van der Waals surface area contributed by atoms with E-state index >= 15 is 0 Å². The van der Waals surface area contributed by atoms with Crippen LogP contribution in [0.2, 0.25) is 0 Å². The Bertz CT molecular complexity index is 622. The number of rotatable bonds is 4. The Labute approximate surface area is 132 Å². The van der Waals surface area contributed by atoms with E-state index in [1.165, 1.54) is 50.2 Å². The van der Waals surface area contributed by atoms with Crippen LogP contribution in [-0.2, 0) is 11.2 Å². The maximum atomic E-state index is 5.34. The van der Waals surface area contributed by atoms with Crippen LogP contribution < -0.4 is 0 Å². The SMILES string of the molecule is CCc1cc(C2=C3CN(C4COC4)CC32)n(C2CCCC2)n1. The summed E-state index contributed by atoms with van der Waals surface area (Å²) in [7, 11) is 0. The fourth-order valence-corrected chi connectivity index (χ4v) is 4.54. The molecule has 2 saturated heterocycles. The lowest BCUT2D eigenvalue weighted by Crippen LogP contribution is -2.48. The van der Waals surface area contributed by atoms with E-state index in [1.54, 1.807) is 11.1 Å². The summed E-state index contributed by atoms with van der Waals surface area (Å²) in [4.78, 5) is 2.62. The number of fused-ring (bicyclic) bond motifs is 1. The molecule has 0 aromatic carbocycles. The molecule has 4 aliphatic rings. The molecule has 5 rings (SSSR count). The molecule has 0 N–H and O–H groups in total. The Morgan fingerprint density at radius 2 is 2.05 bits per heavy atom. The molecule has 3 heterocycles. The standard InChI is InChI=1S/C18H25N3O/c1-2-12-7-17(21(19-12)13-5-3-4-6-13)18-15-8-20(9-16(15)18)14-10-22-11-14/h7,13-15H,2-6,8-11H2,1H3. The van der Waals surface area contributed by atoms with Gasteiger partial charge in [-0.25, -0.2) is 0 Å². The first kappa shape index (κ1) is 13.3. The van der Waals surface area contributed by atoms with Gasteiger partial charge in [0.2, 0.25) is 0 Å². The zero-order valence-electron chi connectivity index (χ0n) is 13.4. The topological polar surface area (TPSA) is 30.3 Å². The van der Waals surface area contributed by atoms with Crippen LogP contribution in [0, 0.1) is 5.92 Å². The molecule has 118 valence electrons. The maximum absolute atomic E-state index is 5.34. The summed E-state index contributed by atoms with van der Waals surface area (Å²) < 4.78 is 7.73. The molecule has 0 amide bonds. The second-order valence-corrected chi connectivity index (χ2v) is 7.37. The molecule has 3 fully saturated rings. The summed E-state index contributed by atoms with van der Waals surface area (Å²) in [6, 6.07) is 3.71. The van der Waals surface area contributed by atoms with Crippen molar-refractivity contribution in [3.05, 3.63) is 23.0 Å². The van der Waals surface area contributed by atoms with Crippen LogP contribution >= 0.6 is 0 Å². The molecule has 22 heavy (non-hydrogen) atoms. The first-order chi connectivity index (χ1) is 10.8. The highest BCUT2D eigenvalue weighted by atomic mass is 16.5. The first-order valence-corrected chi connectivity index (χ1v) is 8.98. The average Bonchev–Trinajstić information content (AvgIpc) is 2.98. The van der Waals surface area contributed by atoms with Gasteiger partial charge in [0.15, 0.2) is 0 Å². The van der Waals surface area contributed by atoms with Gasteiger partial charge in [-0.3, -0.25) is 9.58 Å². The van der Waals surface area contributed by atoms with E-state index in [-0.39, 0.29) is 0 Å². The predicted molar refractivity (Wildman–Crippen MR) is 85.7 cm³/mol. The second kappa shape index (κ2) is 4.93. The zero-order chi connectivity index (χ0) is 14.7. The number of nitrogens with zero attached hydrogens (tertiary/aromatic N) is 3. The van der Waals surface area contributed by atoms with E-state index in [1.807, 2.05) is 0 Å². The van der Waals surface area contributed by atoms with Gasteiger partial charge < -0.3 is 4.74 Å². The van der Waals surface area contributed by atoms with Gasteiger partial charge in [-0.2, -0.15) is 5.10 Å². The van der Waals surface area contributed by atoms with Crippen LogP contribution in [0.5, 0.6) is 0 Å². The lowest BCUT2D eigenvalue weighted by atomic mass is 10.1. The molecule has 0 spiro atoms. The molecule has 4 nitrogen and oxygen atoms in total. The van der Waals surface area contributed by atoms with E-state index in [2.05, 4.69) is 22.6 Å². The van der Waals surface area contributed by atoms with Gasteiger partial charge in [0.05, 0.1) is 36.7 Å². The molecule has 1 saturated carbocycles. The quantitative estimate of drug-likeness (QED) is 0.856. The Morgan fingerprint density at radius 3 is 2.64 bits per heavy atom. The number of aromatic nitrogens is 2. The number of aryl methyl sites for hydroxylation is 1. The summed E-state index contributed by atoms with van der Waals surface area (Å²) in [5.74, 6) is 0.724. The van der Waals surface area contributed by atoms with E-state index in [9.17, 15) is 0 Å². The number of likely N-dealkylation sites (tertiary alicyclic amines) is 1. The molecule has 0 radical (unpaired) electrons. The minimum atomic E-state index is 0.654. The minimum absolute atomic E-state index is 0.654. The van der Waals surface area contributed by atoms with Crippen LogP contribution in [0.25, 0.3) is 5.57 Å². The van der Waals surface area contributed by atoms with Crippen LogP contribution in [0.3, 0.4) is 0 Å². The van der Waals surface area contributed by atoms with E-state index in [0.717, 1.165) is 25.6 Å². The van der Waals surface area contributed by atoms with E-state index < -0.39 is 0 Å². The third-order valence-electron chi connectivity index (χ3n) is 6.05. The largest absolute Gasteiger partial charge is 0.378 e. The van der Waals surface area contributed by atoms with Crippen molar-refractivity contribution in [1.82, 2.24) is 14.7 Å². The highest BCUT2D eigenvalue weighted by molar-refractivity contribution is 5.86. The van der Waals surface area contributed by atoms with Gasteiger partial charge in [-0.1, -0.05) is 19.8 Å². The second-order valence-electron chi connectivity index (χ2n) is 7.37. The van der Waals surface area contributed by atoms with Gasteiger partial charge in [0.25, 0.3) is 0 Å². The van der Waals surface area contributed by atoms with Gasteiger partial charge in [-0.15, -0.1) is 0 Å². The van der Waals surface area contributed by atoms with Gasteiger partial charge >= 0.3 is 0 Å². The Kier molecular flexibility index (Phi) is 2.99. The highest BCUT2D eigenvalue weighted by Gasteiger charge is 2.48. The molecule has 1 aromatic heterocycles. The van der Waals surface area contributed by atoms with Crippen molar-refractivity contribution in [3.8, 4) is 0 Å². The molecule has 4 heteroatoms. The summed E-state index contributed by atoms with van der Waals surface area (Å²) in [6.07, 6.45) is 6.42. The van der Waals surface area contributed by atoms with Crippen molar-refractivity contribution in [2.75, 3.05) is 26.3 Å². The zero-order valence-corrected chi connectivity index (χ0v) is 13.4. The summed E-state index contributed by atoms with van der Waals surface area (Å²) in [5.41, 5.74) is 6.04. The Morgan fingerprint density at radius 1 is 1.23 bits per heavy atom. The smallest absolute Gasteiger partial charge is 0.0654 e. The molecule has 1 atom stereocenters. The molecule has 0 bridgehead atoms. The number of hydrogen-bond acceptors (Lipinski definition) is 3. The van der Waals surface area contributed by atoms with Crippen LogP contribution in [0.1, 0.15) is 50.0 Å². The first-order valence-electron chi connectivity index (χ1n) is 8.98. The van der Waals surface area contributed by atoms with Gasteiger partial charge in [0.1, 0.15) is 0 Å². The predicted octanol–water partition coefficient (Wildman–Crippen LogP) is 2.66. The van der Waals surface area contributed by atoms with Crippen LogP contribution in [-0.4, -0.2) is 47.0 Å². The van der Waals surface area contributed by atoms with Crippen molar-refractivity contribution in [2.24, 2.45) is 5.92 Å². The summed E-state index contributed by atoms with van der Waals surface area (Å²) >= 11 is 0. The van der Waals surface area contributed by atoms with Crippen LogP contribution in [0.4, 0.5) is 0 Å². The Hall–Kier alpha value is -1.13. The minimum Gasteiger partial charge on any atom is -0.378 e. The van der Waals surface area contributed by atoms with Crippen LogP contribution in [0.15, 0.2) is 11.6 Å². The van der Waals surface area contributed by atoms with Crippen molar-refractivity contribution in [2.45, 2.75) is 51.1 Å². The molecule has 1 unspecified atom stereocenters. The van der Waals surface area contributed by atoms with Crippen molar-refractivity contribution in [3.63, 3.8) is 0 Å². The summed E-state index contributed by atoms with van der Waals surface area (Å²) in [6.45, 7) is 6.49. The maximum Gasteiger partial charge on any atom is 0.0654 e. The normalized spacial score (nSPS) is 29.2. The molecular weight excluding hydrogens is 274 g/mol. The molecule has 2 aliphatic carbocycles. The van der Waals surface area contributed by atoms with Crippen molar-refractivity contribution >= 4 is 5.57 Å². The number of hydrogen-bond donors (Lipinski definition) is 0. The fraction of sp³-hybridized carbons (Fsp3) is 0.722. The Balaban J connectivity index is 1.42. The number of ether oxygens (including phenoxy) is 1. The van der Waals surface area contributed by atoms with Gasteiger partial charge in [0, 0.05) is 19.0 Å². The molecule has 1 aromatic rings. The van der Waals surface area contributed by atoms with E-state index in [0.29, 0.717) is 12.1 Å². The lowest BCUT2D eigenvalue weighted by molar-refractivity contribution is -0.0572. The summed E-state index contributed by atoms with van der Waals surface area (Å²) in [5, 5.41) is 4.93. The molecule has 2 aliphatic heterocycles. The van der Waals surface area contributed by atoms with Crippen molar-refractivity contribution in [1.29, 1.82) is 0 Å². The van der Waals surface area contributed by atoms with Gasteiger partial charge in [-0.05, 0) is 36.5 Å². The lowest BCUT2D eigenvalue weighted by Gasteiger charge is -2.35.